The maximum Gasteiger partial charge on any atom is 0.326 e. The van der Waals surface area contributed by atoms with Crippen LogP contribution in [0.1, 0.15) is 31.2 Å². The molecule has 0 aromatic heterocycles. The summed E-state index contributed by atoms with van der Waals surface area (Å²) in [6, 6.07) is 2.39. The van der Waals surface area contributed by atoms with Gasteiger partial charge in [0.05, 0.1) is 18.9 Å². The minimum Gasteiger partial charge on any atom is -0.481 e. The molecule has 4 atom stereocenters. The maximum atomic E-state index is 13.1. The summed E-state index contributed by atoms with van der Waals surface area (Å²) in [5, 5.41) is 24.9. The fourth-order valence-electron chi connectivity index (χ4n) is 3.12. The van der Waals surface area contributed by atoms with E-state index in [1.54, 1.807) is 30.3 Å². The quantitative estimate of drug-likeness (QED) is 0.107. The summed E-state index contributed by atoms with van der Waals surface area (Å²) in [6.07, 6.45) is -2.22. The number of primary amides is 2. The molecule has 0 radical (unpaired) electrons. The Morgan fingerprint density at radius 3 is 1.78 bits per heavy atom. The third-order valence-electron chi connectivity index (χ3n) is 4.98. The van der Waals surface area contributed by atoms with Crippen molar-refractivity contribution >= 4 is 41.5 Å². The van der Waals surface area contributed by atoms with Crippen molar-refractivity contribution in [1.82, 2.24) is 16.0 Å². The third kappa shape index (κ3) is 11.6. The van der Waals surface area contributed by atoms with E-state index < -0.39 is 78.5 Å². The number of hydrogen-bond donors (Lipinski definition) is 8. The molecule has 0 aliphatic carbocycles. The molecule has 202 valence electrons. The first kappa shape index (κ1) is 30.5. The molecule has 0 aliphatic heterocycles. The molecule has 0 heterocycles. The monoisotopic (exact) mass is 522 g/mol. The Balaban J connectivity index is 3.15. The Morgan fingerprint density at radius 2 is 1.27 bits per heavy atom. The van der Waals surface area contributed by atoms with Crippen molar-refractivity contribution in [2.24, 2.45) is 17.2 Å². The van der Waals surface area contributed by atoms with Crippen molar-refractivity contribution in [3.8, 4) is 0 Å². The fourth-order valence-corrected chi connectivity index (χ4v) is 3.12. The van der Waals surface area contributed by atoms with E-state index >= 15 is 0 Å². The summed E-state index contributed by atoms with van der Waals surface area (Å²) in [4.78, 5) is 82.9. The first-order valence-corrected chi connectivity index (χ1v) is 11.0. The molecule has 37 heavy (non-hydrogen) atoms. The van der Waals surface area contributed by atoms with Gasteiger partial charge in [-0.25, -0.2) is 4.79 Å². The molecule has 0 bridgehead atoms. The number of carboxylic acid groups (broad SMARTS) is 2. The van der Waals surface area contributed by atoms with Crippen LogP contribution < -0.4 is 33.2 Å². The predicted molar refractivity (Wildman–Crippen MR) is 126 cm³/mol. The van der Waals surface area contributed by atoms with Crippen LogP contribution in [-0.2, 0) is 40.0 Å². The van der Waals surface area contributed by atoms with Crippen LogP contribution in [0.25, 0.3) is 0 Å². The van der Waals surface area contributed by atoms with Gasteiger partial charge in [0.2, 0.25) is 29.5 Å². The number of nitrogens with one attached hydrogen (secondary N) is 3. The molecule has 0 saturated heterocycles. The van der Waals surface area contributed by atoms with Crippen molar-refractivity contribution in [3.63, 3.8) is 0 Å². The minimum atomic E-state index is -1.70. The van der Waals surface area contributed by atoms with Gasteiger partial charge < -0.3 is 43.4 Å². The number of benzene rings is 1. The molecule has 1 rings (SSSR count). The van der Waals surface area contributed by atoms with E-state index in [1.165, 1.54) is 0 Å². The van der Waals surface area contributed by atoms with E-state index in [-0.39, 0.29) is 19.3 Å². The lowest BCUT2D eigenvalue weighted by Gasteiger charge is -2.25. The van der Waals surface area contributed by atoms with Crippen molar-refractivity contribution in [2.75, 3.05) is 0 Å². The lowest BCUT2D eigenvalue weighted by Crippen LogP contribution is -2.58. The molecule has 0 spiro atoms. The number of carbonyl (C=O) groups is 7. The summed E-state index contributed by atoms with van der Waals surface area (Å²) in [5.74, 6) is -7.61. The summed E-state index contributed by atoms with van der Waals surface area (Å²) >= 11 is 0. The van der Waals surface area contributed by atoms with Gasteiger partial charge in [0.1, 0.15) is 18.1 Å². The highest BCUT2D eigenvalue weighted by atomic mass is 16.4. The molecular formula is C22H30N6O9. The number of amides is 5. The second-order valence-corrected chi connectivity index (χ2v) is 8.09. The maximum absolute atomic E-state index is 13.1. The van der Waals surface area contributed by atoms with Crippen LogP contribution >= 0.6 is 0 Å². The third-order valence-corrected chi connectivity index (χ3v) is 4.98. The Labute approximate surface area is 211 Å². The normalized spacial score (nSPS) is 13.8. The molecule has 0 aliphatic rings. The number of hydrogen-bond acceptors (Lipinski definition) is 8. The Kier molecular flexibility index (Phi) is 12.2. The summed E-state index contributed by atoms with van der Waals surface area (Å²) in [5.41, 5.74) is 16.3. The van der Waals surface area contributed by atoms with E-state index in [1.807, 2.05) is 0 Å². The van der Waals surface area contributed by atoms with Crippen LogP contribution in [-0.4, -0.2) is 75.9 Å². The molecule has 15 nitrogen and oxygen atoms in total. The van der Waals surface area contributed by atoms with Crippen molar-refractivity contribution in [1.29, 1.82) is 0 Å². The van der Waals surface area contributed by atoms with Crippen LogP contribution in [0.5, 0.6) is 0 Å². The van der Waals surface area contributed by atoms with Crippen molar-refractivity contribution in [2.45, 2.75) is 56.3 Å². The molecule has 4 unspecified atom stereocenters. The molecule has 15 heteroatoms. The molecule has 1 aromatic carbocycles. The van der Waals surface area contributed by atoms with Crippen molar-refractivity contribution < 1.29 is 43.8 Å². The van der Waals surface area contributed by atoms with Gasteiger partial charge in [-0.15, -0.1) is 0 Å². The van der Waals surface area contributed by atoms with E-state index in [4.69, 9.17) is 22.3 Å². The highest BCUT2D eigenvalue weighted by Gasteiger charge is 2.31. The first-order chi connectivity index (χ1) is 17.3. The average Bonchev–Trinajstić information content (AvgIpc) is 2.80. The van der Waals surface area contributed by atoms with Crippen LogP contribution in [0.15, 0.2) is 30.3 Å². The lowest BCUT2D eigenvalue weighted by molar-refractivity contribution is -0.144. The van der Waals surface area contributed by atoms with Crippen LogP contribution in [0.2, 0.25) is 0 Å². The van der Waals surface area contributed by atoms with E-state index in [0.717, 1.165) is 0 Å². The largest absolute Gasteiger partial charge is 0.481 e. The molecular weight excluding hydrogens is 492 g/mol. The zero-order valence-electron chi connectivity index (χ0n) is 19.7. The van der Waals surface area contributed by atoms with Gasteiger partial charge in [0, 0.05) is 12.8 Å². The second-order valence-electron chi connectivity index (χ2n) is 8.09. The predicted octanol–water partition coefficient (Wildman–Crippen LogP) is -3.29. The molecule has 0 fully saturated rings. The Hall–Kier alpha value is -4.53. The van der Waals surface area contributed by atoms with Crippen LogP contribution in [0.3, 0.4) is 0 Å². The van der Waals surface area contributed by atoms with Crippen LogP contribution in [0.4, 0.5) is 0 Å². The Bertz CT molecular complexity index is 1020. The van der Waals surface area contributed by atoms with E-state index in [0.29, 0.717) is 5.56 Å². The summed E-state index contributed by atoms with van der Waals surface area (Å²) < 4.78 is 0. The number of rotatable bonds is 16. The van der Waals surface area contributed by atoms with Gasteiger partial charge in [0.25, 0.3) is 0 Å². The summed E-state index contributed by atoms with van der Waals surface area (Å²) in [6.45, 7) is 0. The van der Waals surface area contributed by atoms with Gasteiger partial charge in [-0.3, -0.25) is 28.8 Å². The number of aliphatic carboxylic acids is 2. The van der Waals surface area contributed by atoms with Gasteiger partial charge in [0.15, 0.2) is 0 Å². The van der Waals surface area contributed by atoms with Crippen LogP contribution in [0, 0.1) is 0 Å². The van der Waals surface area contributed by atoms with Gasteiger partial charge in [-0.2, -0.15) is 0 Å². The molecule has 11 N–H and O–H groups in total. The van der Waals surface area contributed by atoms with Gasteiger partial charge in [-0.05, 0) is 12.0 Å². The fraction of sp³-hybridized carbons (Fsp3) is 0.409. The van der Waals surface area contributed by atoms with Gasteiger partial charge in [-0.1, -0.05) is 30.3 Å². The summed E-state index contributed by atoms with van der Waals surface area (Å²) in [7, 11) is 0. The number of carbonyl (C=O) groups excluding carboxylic acids is 5. The first-order valence-electron chi connectivity index (χ1n) is 11.0. The number of nitrogens with two attached hydrogens (primary N) is 3. The van der Waals surface area contributed by atoms with Crippen molar-refractivity contribution in [3.05, 3.63) is 35.9 Å². The zero-order chi connectivity index (χ0) is 28.1. The highest BCUT2D eigenvalue weighted by molar-refractivity contribution is 5.95. The topological polar surface area (TPSA) is 274 Å². The smallest absolute Gasteiger partial charge is 0.326 e. The van der Waals surface area contributed by atoms with E-state index in [2.05, 4.69) is 16.0 Å². The number of carboxylic acids is 2. The van der Waals surface area contributed by atoms with E-state index in [9.17, 15) is 38.7 Å². The van der Waals surface area contributed by atoms with Gasteiger partial charge >= 0.3 is 11.9 Å². The molecule has 1 aromatic rings. The average molecular weight is 523 g/mol. The molecule has 5 amide bonds. The standard InChI is InChI=1S/C22H30N6O9/c23-12(9-18(31)32)19(33)27-14(8-11-4-2-1-3-5-11)21(35)26-13(6-7-16(24)29)20(34)28-15(22(36)37)10-17(25)30/h1-5,12-15H,6-10,23H2,(H2,24,29)(H2,25,30)(H,26,35)(H,27,33)(H,28,34)(H,31,32)(H,36,37). The molecule has 0 saturated carbocycles. The lowest BCUT2D eigenvalue weighted by atomic mass is 10.0. The SMILES string of the molecule is NC(=O)CCC(NC(=O)C(Cc1ccccc1)NC(=O)C(N)CC(=O)O)C(=O)NC(CC(N)=O)C(=O)O. The minimum absolute atomic E-state index is 0.0816. The second kappa shape index (κ2) is 14.8. The Morgan fingerprint density at radius 1 is 0.730 bits per heavy atom. The highest BCUT2D eigenvalue weighted by Crippen LogP contribution is 2.07. The zero-order valence-corrected chi connectivity index (χ0v) is 19.7.